The smallest absolute Gasteiger partial charge is 0.546 e. The van der Waals surface area contributed by atoms with Crippen LogP contribution in [0.4, 0.5) is 0 Å². The maximum absolute atomic E-state index is 10.6. The van der Waals surface area contributed by atoms with E-state index in [4.69, 9.17) is 4.74 Å². The quantitative estimate of drug-likeness (QED) is 0.675. The monoisotopic (exact) mass is 314 g/mol. The van der Waals surface area contributed by atoms with E-state index in [1.807, 2.05) is 12.1 Å². The number of rotatable bonds is 7. The van der Waals surface area contributed by atoms with Crippen molar-refractivity contribution < 1.29 is 44.2 Å². The van der Waals surface area contributed by atoms with Crippen molar-refractivity contribution in [2.75, 3.05) is 6.61 Å². The average molecular weight is 314 g/mol. The first kappa shape index (κ1) is 21.5. The summed E-state index contributed by atoms with van der Waals surface area (Å²) in [6.45, 7) is 12.6. The van der Waals surface area contributed by atoms with Crippen LogP contribution >= 0.6 is 0 Å². The van der Waals surface area contributed by atoms with E-state index in [1.165, 1.54) is 5.56 Å². The van der Waals surface area contributed by atoms with E-state index in [0.29, 0.717) is 5.75 Å². The molecule has 0 atom stereocenters. The molecule has 0 heterocycles. The second-order valence-corrected chi connectivity index (χ2v) is 6.85. The van der Waals surface area contributed by atoms with Crippen LogP contribution in [0.25, 0.3) is 0 Å². The fourth-order valence-corrected chi connectivity index (χ4v) is 2.14. The van der Waals surface area contributed by atoms with Crippen molar-refractivity contribution in [1.82, 2.24) is 0 Å². The molecule has 1 rings (SSSR count). The standard InChI is InChI=1S/C18H28O3.Na/c1-7-17(3,4)13-9-10-15(21-12-16(19)20)14(11-13)18(5,6)8-2;/h9-11H,7-8,12H2,1-6H3,(H,19,20);/q;+1/p-1. The summed E-state index contributed by atoms with van der Waals surface area (Å²) in [5.74, 6) is -0.560. The molecular formula is C18H27NaO3. The van der Waals surface area contributed by atoms with Gasteiger partial charge < -0.3 is 14.6 Å². The molecule has 0 spiro atoms. The number of hydrogen-bond acceptors (Lipinski definition) is 3. The van der Waals surface area contributed by atoms with Crippen molar-refractivity contribution in [1.29, 1.82) is 0 Å². The van der Waals surface area contributed by atoms with Crippen molar-refractivity contribution in [3.05, 3.63) is 29.3 Å². The minimum Gasteiger partial charge on any atom is -0.546 e. The van der Waals surface area contributed by atoms with Crippen molar-refractivity contribution >= 4 is 5.97 Å². The van der Waals surface area contributed by atoms with E-state index >= 15 is 0 Å². The predicted molar refractivity (Wildman–Crippen MR) is 83.6 cm³/mol. The summed E-state index contributed by atoms with van der Waals surface area (Å²) in [7, 11) is 0. The molecule has 0 bridgehead atoms. The van der Waals surface area contributed by atoms with E-state index in [-0.39, 0.29) is 40.4 Å². The van der Waals surface area contributed by atoms with E-state index in [1.54, 1.807) is 0 Å². The van der Waals surface area contributed by atoms with E-state index in [0.717, 1.165) is 18.4 Å². The molecule has 0 saturated carbocycles. The Balaban J connectivity index is 0.00000441. The third kappa shape index (κ3) is 5.29. The van der Waals surface area contributed by atoms with Gasteiger partial charge in [0.25, 0.3) is 0 Å². The van der Waals surface area contributed by atoms with Gasteiger partial charge in [-0.15, -0.1) is 0 Å². The van der Waals surface area contributed by atoms with Crippen LogP contribution in [0.2, 0.25) is 0 Å². The van der Waals surface area contributed by atoms with Gasteiger partial charge in [0.2, 0.25) is 0 Å². The van der Waals surface area contributed by atoms with Crippen LogP contribution < -0.4 is 39.4 Å². The normalized spacial score (nSPS) is 11.7. The van der Waals surface area contributed by atoms with Crippen molar-refractivity contribution in [3.63, 3.8) is 0 Å². The Bertz CT molecular complexity index is 507. The zero-order chi connectivity index (χ0) is 16.3. The number of benzene rings is 1. The number of carbonyl (C=O) groups is 1. The summed E-state index contributed by atoms with van der Waals surface area (Å²) in [5, 5.41) is 10.6. The molecule has 118 valence electrons. The summed E-state index contributed by atoms with van der Waals surface area (Å²) in [4.78, 5) is 10.6. The predicted octanol–water partition coefficient (Wildman–Crippen LogP) is 0.195. The zero-order valence-corrected chi connectivity index (χ0v) is 17.1. The average Bonchev–Trinajstić information content (AvgIpc) is 2.44. The molecule has 1 aromatic carbocycles. The van der Waals surface area contributed by atoms with Crippen LogP contribution in [0.15, 0.2) is 18.2 Å². The van der Waals surface area contributed by atoms with Gasteiger partial charge in [0, 0.05) is 5.56 Å². The molecule has 0 aromatic heterocycles. The second kappa shape index (κ2) is 8.37. The van der Waals surface area contributed by atoms with Crippen LogP contribution in [0, 0.1) is 0 Å². The van der Waals surface area contributed by atoms with Crippen LogP contribution in [-0.2, 0) is 15.6 Å². The van der Waals surface area contributed by atoms with Gasteiger partial charge in [-0.1, -0.05) is 53.7 Å². The zero-order valence-electron chi connectivity index (χ0n) is 15.1. The summed E-state index contributed by atoms with van der Waals surface area (Å²) in [5.41, 5.74) is 2.33. The molecular weight excluding hydrogens is 287 g/mol. The first-order valence-corrected chi connectivity index (χ1v) is 7.61. The summed E-state index contributed by atoms with van der Waals surface area (Å²) < 4.78 is 5.43. The molecule has 0 aliphatic heterocycles. The molecule has 0 amide bonds. The van der Waals surface area contributed by atoms with Crippen molar-refractivity contribution in [3.8, 4) is 5.75 Å². The fraction of sp³-hybridized carbons (Fsp3) is 0.611. The molecule has 3 nitrogen and oxygen atoms in total. The van der Waals surface area contributed by atoms with E-state index < -0.39 is 12.6 Å². The van der Waals surface area contributed by atoms with Gasteiger partial charge in [-0.25, -0.2) is 0 Å². The van der Waals surface area contributed by atoms with Crippen LogP contribution in [-0.4, -0.2) is 12.6 Å². The molecule has 0 unspecified atom stereocenters. The first-order chi connectivity index (χ1) is 9.64. The molecule has 0 radical (unpaired) electrons. The van der Waals surface area contributed by atoms with Gasteiger partial charge in [-0.2, -0.15) is 0 Å². The molecule has 0 saturated heterocycles. The first-order valence-electron chi connectivity index (χ1n) is 7.61. The van der Waals surface area contributed by atoms with Crippen LogP contribution in [0.1, 0.15) is 65.5 Å². The van der Waals surface area contributed by atoms with Gasteiger partial charge >= 0.3 is 29.6 Å². The third-order valence-corrected chi connectivity index (χ3v) is 4.60. The van der Waals surface area contributed by atoms with Gasteiger partial charge in [-0.3, -0.25) is 0 Å². The summed E-state index contributed by atoms with van der Waals surface area (Å²) in [6, 6.07) is 6.09. The number of carboxylic acid groups (broad SMARTS) is 1. The van der Waals surface area contributed by atoms with Gasteiger partial charge in [0.1, 0.15) is 12.4 Å². The Kier molecular flexibility index (Phi) is 8.18. The molecule has 0 aliphatic rings. The Hall–Kier alpha value is -0.510. The minimum atomic E-state index is -1.20. The molecule has 4 heteroatoms. The Labute approximate surface area is 156 Å². The van der Waals surface area contributed by atoms with Gasteiger partial charge in [0.15, 0.2) is 0 Å². The largest absolute Gasteiger partial charge is 1.00 e. The maximum Gasteiger partial charge on any atom is 1.00 e. The Morgan fingerprint density at radius 3 is 2.09 bits per heavy atom. The summed E-state index contributed by atoms with van der Waals surface area (Å²) >= 11 is 0. The maximum atomic E-state index is 10.6. The Morgan fingerprint density at radius 1 is 1.09 bits per heavy atom. The molecule has 22 heavy (non-hydrogen) atoms. The SMILES string of the molecule is CCC(C)(C)c1ccc(OCC(=O)[O-])c(C(C)(C)CC)c1.[Na+]. The van der Waals surface area contributed by atoms with Gasteiger partial charge in [-0.05, 0) is 35.3 Å². The fourth-order valence-electron chi connectivity index (χ4n) is 2.14. The summed E-state index contributed by atoms with van der Waals surface area (Å²) in [6.07, 6.45) is 1.99. The van der Waals surface area contributed by atoms with Crippen LogP contribution in [0.5, 0.6) is 5.75 Å². The second-order valence-electron chi connectivity index (χ2n) is 6.85. The molecule has 1 aromatic rings. The number of hydrogen-bond donors (Lipinski definition) is 0. The van der Waals surface area contributed by atoms with Gasteiger partial charge in [0.05, 0.1) is 5.97 Å². The molecule has 0 aliphatic carbocycles. The van der Waals surface area contributed by atoms with Crippen molar-refractivity contribution in [2.45, 2.75) is 65.2 Å². The van der Waals surface area contributed by atoms with Crippen LogP contribution in [0.3, 0.4) is 0 Å². The third-order valence-electron chi connectivity index (χ3n) is 4.60. The topological polar surface area (TPSA) is 49.4 Å². The van der Waals surface area contributed by atoms with Crippen molar-refractivity contribution in [2.24, 2.45) is 0 Å². The molecule has 0 N–H and O–H groups in total. The molecule has 0 fully saturated rings. The number of carbonyl (C=O) groups excluding carboxylic acids is 1. The minimum absolute atomic E-state index is 0. The van der Waals surface area contributed by atoms with E-state index in [2.05, 4.69) is 47.6 Å². The number of aliphatic carboxylic acids is 1. The van der Waals surface area contributed by atoms with E-state index in [9.17, 15) is 9.90 Å². The number of ether oxygens (including phenoxy) is 1. The Morgan fingerprint density at radius 2 is 1.64 bits per heavy atom. The number of carboxylic acids is 1.